The van der Waals surface area contributed by atoms with Crippen molar-refractivity contribution in [2.75, 3.05) is 36.4 Å². The van der Waals surface area contributed by atoms with Crippen molar-refractivity contribution in [2.24, 2.45) is 5.92 Å². The van der Waals surface area contributed by atoms with E-state index in [1.807, 2.05) is 61.2 Å². The average Bonchev–Trinajstić information content (AvgIpc) is 3.32. The van der Waals surface area contributed by atoms with Gasteiger partial charge in [0.2, 0.25) is 11.8 Å². The topological polar surface area (TPSA) is 65.8 Å². The number of amides is 2. The fourth-order valence-electron chi connectivity index (χ4n) is 3.96. The summed E-state index contributed by atoms with van der Waals surface area (Å²) < 4.78 is 6.85. The van der Waals surface area contributed by atoms with Crippen LogP contribution in [-0.4, -0.2) is 42.9 Å². The Kier molecular flexibility index (Phi) is 7.98. The number of furan rings is 1. The summed E-state index contributed by atoms with van der Waals surface area (Å²) >= 11 is 9.65. The third kappa shape index (κ3) is 6.35. The van der Waals surface area contributed by atoms with Crippen molar-refractivity contribution in [1.82, 2.24) is 4.90 Å². The fraction of sp³-hybridized carbons (Fsp3) is 0.259. The highest BCUT2D eigenvalue weighted by Gasteiger charge is 2.24. The molecule has 1 saturated heterocycles. The molecular formula is C27H27BrClN3O3. The molecule has 1 aromatic heterocycles. The Balaban J connectivity index is 1.42. The van der Waals surface area contributed by atoms with Gasteiger partial charge in [0.1, 0.15) is 11.5 Å². The highest BCUT2D eigenvalue weighted by atomic mass is 79.9. The third-order valence-electron chi connectivity index (χ3n) is 5.80. The third-order valence-corrected chi connectivity index (χ3v) is 6.56. The second-order valence-electron chi connectivity index (χ2n) is 8.66. The lowest BCUT2D eigenvalue weighted by Crippen LogP contribution is -2.50. The van der Waals surface area contributed by atoms with Crippen molar-refractivity contribution >= 4 is 56.8 Å². The van der Waals surface area contributed by atoms with Gasteiger partial charge in [0.05, 0.1) is 11.4 Å². The summed E-state index contributed by atoms with van der Waals surface area (Å²) in [5, 5.41) is 3.47. The van der Waals surface area contributed by atoms with Crippen LogP contribution in [0.4, 0.5) is 11.4 Å². The minimum absolute atomic E-state index is 0.0150. The maximum atomic E-state index is 12.7. The van der Waals surface area contributed by atoms with Gasteiger partial charge in [-0.2, -0.15) is 0 Å². The molecule has 182 valence electrons. The van der Waals surface area contributed by atoms with E-state index in [0.717, 1.165) is 21.5 Å². The number of benzene rings is 2. The number of piperazine rings is 1. The molecule has 1 aliphatic heterocycles. The van der Waals surface area contributed by atoms with Gasteiger partial charge in [0.25, 0.3) is 0 Å². The summed E-state index contributed by atoms with van der Waals surface area (Å²) in [6, 6.07) is 17.0. The highest BCUT2D eigenvalue weighted by molar-refractivity contribution is 9.10. The zero-order valence-electron chi connectivity index (χ0n) is 19.6. The Morgan fingerprint density at radius 1 is 1.03 bits per heavy atom. The smallest absolute Gasteiger partial charge is 0.248 e. The minimum atomic E-state index is -0.288. The molecule has 4 rings (SSSR count). The van der Waals surface area contributed by atoms with Crippen LogP contribution in [-0.2, 0) is 9.59 Å². The molecule has 0 radical (unpaired) electrons. The monoisotopic (exact) mass is 555 g/mol. The Bertz CT molecular complexity index is 1230. The zero-order valence-corrected chi connectivity index (χ0v) is 22.0. The lowest BCUT2D eigenvalue weighted by atomic mass is 10.1. The number of nitrogens with zero attached hydrogens (tertiary/aromatic N) is 2. The van der Waals surface area contributed by atoms with Gasteiger partial charge in [-0.1, -0.05) is 53.5 Å². The molecule has 0 atom stereocenters. The minimum Gasteiger partial charge on any atom is -0.457 e. The predicted octanol–water partition coefficient (Wildman–Crippen LogP) is 6.32. The molecule has 0 aliphatic carbocycles. The first-order valence-electron chi connectivity index (χ1n) is 11.5. The largest absolute Gasteiger partial charge is 0.457 e. The molecule has 35 heavy (non-hydrogen) atoms. The quantitative estimate of drug-likeness (QED) is 0.361. The number of rotatable bonds is 6. The highest BCUT2D eigenvalue weighted by Crippen LogP contribution is 2.30. The van der Waals surface area contributed by atoms with Crippen LogP contribution >= 0.6 is 27.5 Å². The maximum Gasteiger partial charge on any atom is 0.248 e. The summed E-state index contributed by atoms with van der Waals surface area (Å²) in [7, 11) is 0. The van der Waals surface area contributed by atoms with Gasteiger partial charge in [-0.15, -0.1) is 0 Å². The predicted molar refractivity (Wildman–Crippen MR) is 145 cm³/mol. The van der Waals surface area contributed by atoms with Crippen LogP contribution in [0.3, 0.4) is 0 Å². The number of nitrogens with one attached hydrogen (secondary N) is 1. The molecular weight excluding hydrogens is 530 g/mol. The Morgan fingerprint density at radius 3 is 2.43 bits per heavy atom. The standard InChI is InChI=1S/C27H27BrClN3O3/c1-18(2)27(34)32-15-13-31(14-16-32)24-10-7-21(29)17-23(24)30-26(33)12-9-22-8-11-25(35-22)19-3-5-20(28)6-4-19/h3-12,17-18H,13-16H2,1-2H3,(H,30,33)/b12-9+. The van der Waals surface area contributed by atoms with Crippen LogP contribution in [0.1, 0.15) is 19.6 Å². The molecule has 1 fully saturated rings. The van der Waals surface area contributed by atoms with E-state index in [9.17, 15) is 9.59 Å². The molecule has 1 aliphatic rings. The molecule has 0 spiro atoms. The van der Waals surface area contributed by atoms with Gasteiger partial charge >= 0.3 is 0 Å². The summed E-state index contributed by atoms with van der Waals surface area (Å²) in [5.74, 6) is 1.17. The number of halogens is 2. The molecule has 0 bridgehead atoms. The van der Waals surface area contributed by atoms with Gasteiger partial charge in [-0.3, -0.25) is 9.59 Å². The van der Waals surface area contributed by atoms with Crippen LogP contribution < -0.4 is 10.2 Å². The lowest BCUT2D eigenvalue weighted by Gasteiger charge is -2.37. The molecule has 0 saturated carbocycles. The summed E-state index contributed by atoms with van der Waals surface area (Å²) in [5.41, 5.74) is 2.46. The molecule has 1 N–H and O–H groups in total. The van der Waals surface area contributed by atoms with Crippen molar-refractivity contribution in [3.63, 3.8) is 0 Å². The van der Waals surface area contributed by atoms with E-state index in [1.54, 1.807) is 18.2 Å². The van der Waals surface area contributed by atoms with E-state index in [0.29, 0.717) is 42.6 Å². The van der Waals surface area contributed by atoms with Crippen molar-refractivity contribution in [2.45, 2.75) is 13.8 Å². The average molecular weight is 557 g/mol. The van der Waals surface area contributed by atoms with Crippen LogP contribution in [0.15, 0.2) is 69.6 Å². The number of carbonyl (C=O) groups excluding carboxylic acids is 2. The Hall–Kier alpha value is -3.03. The lowest BCUT2D eigenvalue weighted by molar-refractivity contribution is -0.134. The van der Waals surface area contributed by atoms with Crippen LogP contribution in [0.2, 0.25) is 5.02 Å². The molecule has 2 aromatic carbocycles. The van der Waals surface area contributed by atoms with E-state index >= 15 is 0 Å². The van der Waals surface area contributed by atoms with Crippen LogP contribution in [0, 0.1) is 5.92 Å². The Labute approximate surface area is 218 Å². The SMILES string of the molecule is CC(C)C(=O)N1CCN(c2ccc(Cl)cc2NC(=O)/C=C/c2ccc(-c3ccc(Br)cc3)o2)CC1. The summed E-state index contributed by atoms with van der Waals surface area (Å²) in [6.07, 6.45) is 3.08. The van der Waals surface area contributed by atoms with Gasteiger partial charge in [-0.25, -0.2) is 0 Å². The van der Waals surface area contributed by atoms with E-state index in [-0.39, 0.29) is 17.7 Å². The van der Waals surface area contributed by atoms with Gasteiger partial charge in [0, 0.05) is 53.2 Å². The maximum absolute atomic E-state index is 12.7. The van der Waals surface area contributed by atoms with E-state index in [4.69, 9.17) is 16.0 Å². The van der Waals surface area contributed by atoms with Crippen molar-refractivity contribution in [3.05, 3.63) is 75.9 Å². The number of anilines is 2. The van der Waals surface area contributed by atoms with E-state index in [2.05, 4.69) is 26.1 Å². The number of hydrogen-bond donors (Lipinski definition) is 1. The normalized spacial score (nSPS) is 14.1. The second-order valence-corrected chi connectivity index (χ2v) is 10.0. The zero-order chi connectivity index (χ0) is 24.9. The fourth-order valence-corrected chi connectivity index (χ4v) is 4.40. The van der Waals surface area contributed by atoms with Gasteiger partial charge in [0.15, 0.2) is 0 Å². The first kappa shape index (κ1) is 25.1. The molecule has 2 heterocycles. The van der Waals surface area contributed by atoms with Gasteiger partial charge in [-0.05, 0) is 48.5 Å². The van der Waals surface area contributed by atoms with Crippen molar-refractivity contribution in [3.8, 4) is 11.3 Å². The summed E-state index contributed by atoms with van der Waals surface area (Å²) in [6.45, 7) is 6.49. The molecule has 0 unspecified atom stereocenters. The molecule has 2 amide bonds. The van der Waals surface area contributed by atoms with Crippen molar-refractivity contribution < 1.29 is 14.0 Å². The molecule has 3 aromatic rings. The second kappa shape index (κ2) is 11.1. The van der Waals surface area contributed by atoms with Crippen LogP contribution in [0.5, 0.6) is 0 Å². The number of carbonyl (C=O) groups is 2. The van der Waals surface area contributed by atoms with Crippen LogP contribution in [0.25, 0.3) is 17.4 Å². The van der Waals surface area contributed by atoms with Gasteiger partial charge < -0.3 is 19.5 Å². The van der Waals surface area contributed by atoms with Crippen molar-refractivity contribution in [1.29, 1.82) is 0 Å². The molecule has 6 nitrogen and oxygen atoms in total. The first-order valence-corrected chi connectivity index (χ1v) is 12.7. The Morgan fingerprint density at radius 2 is 1.74 bits per heavy atom. The van der Waals surface area contributed by atoms with E-state index in [1.165, 1.54) is 6.08 Å². The first-order chi connectivity index (χ1) is 16.8. The van der Waals surface area contributed by atoms with E-state index < -0.39 is 0 Å². The number of hydrogen-bond acceptors (Lipinski definition) is 4. The summed E-state index contributed by atoms with van der Waals surface area (Å²) in [4.78, 5) is 29.1. The molecule has 8 heteroatoms.